The van der Waals surface area contributed by atoms with Crippen molar-refractivity contribution in [1.29, 1.82) is 0 Å². The lowest BCUT2D eigenvalue weighted by molar-refractivity contribution is -0.132. The van der Waals surface area contributed by atoms with E-state index in [1.54, 1.807) is 12.4 Å². The zero-order valence-electron chi connectivity index (χ0n) is 16.7. The van der Waals surface area contributed by atoms with Gasteiger partial charge in [-0.1, -0.05) is 6.07 Å². The molecule has 2 aromatic heterocycles. The molecule has 0 spiro atoms. The quantitative estimate of drug-likeness (QED) is 0.809. The molecule has 1 amide bonds. The maximum Gasteiger partial charge on any atom is 0.229 e. The lowest BCUT2D eigenvalue weighted by Gasteiger charge is -2.44. The second kappa shape index (κ2) is 7.71. The van der Waals surface area contributed by atoms with Crippen molar-refractivity contribution in [3.05, 3.63) is 48.5 Å². The number of hydrogen-bond donors (Lipinski definition) is 1. The first kappa shape index (κ1) is 18.5. The van der Waals surface area contributed by atoms with Crippen molar-refractivity contribution in [1.82, 2.24) is 25.2 Å². The van der Waals surface area contributed by atoms with E-state index in [-0.39, 0.29) is 11.9 Å². The summed E-state index contributed by atoms with van der Waals surface area (Å²) in [6, 6.07) is 7.94. The van der Waals surface area contributed by atoms with Crippen LogP contribution in [-0.4, -0.2) is 58.0 Å². The highest BCUT2D eigenvalue weighted by Gasteiger charge is 2.56. The van der Waals surface area contributed by atoms with Gasteiger partial charge in [0.15, 0.2) is 0 Å². The molecular formula is C22H28N6O. The van der Waals surface area contributed by atoms with Crippen molar-refractivity contribution >= 4 is 11.9 Å². The summed E-state index contributed by atoms with van der Waals surface area (Å²) in [4.78, 5) is 31.6. The minimum Gasteiger partial charge on any atom is -0.355 e. The molecular weight excluding hydrogens is 364 g/mol. The fourth-order valence-corrected chi connectivity index (χ4v) is 4.94. The summed E-state index contributed by atoms with van der Waals surface area (Å²) in [5.41, 5.74) is 0.628. The number of piperidine rings is 1. The van der Waals surface area contributed by atoms with Gasteiger partial charge in [0.2, 0.25) is 11.9 Å². The Hall–Kier alpha value is -2.54. The van der Waals surface area contributed by atoms with Crippen LogP contribution < -0.4 is 10.2 Å². The van der Waals surface area contributed by atoms with E-state index in [1.165, 1.54) is 12.8 Å². The first-order chi connectivity index (χ1) is 14.2. The number of likely N-dealkylation sites (tertiary alicyclic amines) is 1. The van der Waals surface area contributed by atoms with Crippen LogP contribution in [0.4, 0.5) is 5.95 Å². The topological polar surface area (TPSA) is 74.2 Å². The lowest BCUT2D eigenvalue weighted by Crippen LogP contribution is -2.59. The van der Waals surface area contributed by atoms with Crippen molar-refractivity contribution in [2.24, 2.45) is 11.3 Å². The van der Waals surface area contributed by atoms with E-state index in [1.807, 2.05) is 24.4 Å². The first-order valence-electron chi connectivity index (χ1n) is 10.7. The predicted molar refractivity (Wildman–Crippen MR) is 110 cm³/mol. The molecule has 0 bridgehead atoms. The zero-order chi connectivity index (χ0) is 19.7. The lowest BCUT2D eigenvalue weighted by atomic mass is 9.74. The summed E-state index contributed by atoms with van der Waals surface area (Å²) in [5.74, 6) is 1.62. The number of hydrogen-bond acceptors (Lipinski definition) is 6. The minimum atomic E-state index is -0.416. The van der Waals surface area contributed by atoms with Crippen LogP contribution >= 0.6 is 0 Å². The van der Waals surface area contributed by atoms with Crippen LogP contribution in [0.3, 0.4) is 0 Å². The molecule has 2 atom stereocenters. The van der Waals surface area contributed by atoms with Crippen molar-refractivity contribution in [2.75, 3.05) is 31.1 Å². The Morgan fingerprint density at radius 2 is 1.97 bits per heavy atom. The van der Waals surface area contributed by atoms with E-state index in [0.717, 1.165) is 57.2 Å². The van der Waals surface area contributed by atoms with E-state index >= 15 is 0 Å². The summed E-state index contributed by atoms with van der Waals surface area (Å²) >= 11 is 0. The number of carbonyl (C=O) groups is 1. The zero-order valence-corrected chi connectivity index (χ0v) is 16.7. The number of aromatic nitrogens is 3. The fourth-order valence-electron chi connectivity index (χ4n) is 4.94. The number of anilines is 1. The van der Waals surface area contributed by atoms with Gasteiger partial charge in [-0.2, -0.15) is 0 Å². The highest BCUT2D eigenvalue weighted by atomic mass is 16.2. The van der Waals surface area contributed by atoms with Crippen LogP contribution in [0.2, 0.25) is 0 Å². The number of fused-ring (bicyclic) bond motifs is 1. The van der Waals surface area contributed by atoms with Gasteiger partial charge in [0.05, 0.1) is 17.2 Å². The SMILES string of the molecule is O=C(NCC1CC1)[C@]12CCCN(c3ncccn3)[C@H]1CN(Cc1ccccn1)C2. The molecule has 0 unspecified atom stereocenters. The van der Waals surface area contributed by atoms with E-state index < -0.39 is 5.41 Å². The molecule has 0 radical (unpaired) electrons. The van der Waals surface area contributed by atoms with Gasteiger partial charge in [-0.05, 0) is 49.8 Å². The number of nitrogens with zero attached hydrogens (tertiary/aromatic N) is 5. The van der Waals surface area contributed by atoms with Gasteiger partial charge in [-0.15, -0.1) is 0 Å². The Bertz CT molecular complexity index is 843. The van der Waals surface area contributed by atoms with Crippen molar-refractivity contribution in [3.63, 3.8) is 0 Å². The Kier molecular flexibility index (Phi) is 4.91. The molecule has 152 valence electrons. The number of amides is 1. The van der Waals surface area contributed by atoms with Gasteiger partial charge in [0.25, 0.3) is 0 Å². The number of rotatable bonds is 6. The van der Waals surface area contributed by atoms with Crippen LogP contribution in [0, 0.1) is 11.3 Å². The van der Waals surface area contributed by atoms with E-state index in [2.05, 4.69) is 36.1 Å². The normalized spacial score (nSPS) is 26.9. The number of carbonyl (C=O) groups excluding carboxylic acids is 1. The molecule has 29 heavy (non-hydrogen) atoms. The largest absolute Gasteiger partial charge is 0.355 e. The molecule has 7 nitrogen and oxygen atoms in total. The second-order valence-corrected chi connectivity index (χ2v) is 8.66. The third kappa shape index (κ3) is 3.71. The first-order valence-corrected chi connectivity index (χ1v) is 10.7. The molecule has 3 fully saturated rings. The van der Waals surface area contributed by atoms with Crippen LogP contribution in [0.5, 0.6) is 0 Å². The Morgan fingerprint density at radius 3 is 2.72 bits per heavy atom. The molecule has 7 heteroatoms. The van der Waals surface area contributed by atoms with Gasteiger partial charge < -0.3 is 10.2 Å². The maximum atomic E-state index is 13.5. The summed E-state index contributed by atoms with van der Waals surface area (Å²) < 4.78 is 0. The Balaban J connectivity index is 1.42. The molecule has 5 rings (SSSR count). The van der Waals surface area contributed by atoms with Crippen molar-refractivity contribution < 1.29 is 4.79 Å². The predicted octanol–water partition coefficient (Wildman–Crippen LogP) is 1.87. The highest BCUT2D eigenvalue weighted by Crippen LogP contribution is 2.43. The van der Waals surface area contributed by atoms with E-state index in [4.69, 9.17) is 0 Å². The third-order valence-electron chi connectivity index (χ3n) is 6.59. The molecule has 4 heterocycles. The molecule has 3 aliphatic rings. The van der Waals surface area contributed by atoms with Crippen LogP contribution in [0.25, 0.3) is 0 Å². The average molecular weight is 393 g/mol. The van der Waals surface area contributed by atoms with Gasteiger partial charge in [0.1, 0.15) is 0 Å². The summed E-state index contributed by atoms with van der Waals surface area (Å²) in [6.07, 6.45) is 9.78. The van der Waals surface area contributed by atoms with Gasteiger partial charge >= 0.3 is 0 Å². The standard InChI is InChI=1S/C22H28N6O/c29-20(26-13-17-6-7-17)22-8-3-12-28(21-24-10-4-11-25-21)19(22)15-27(16-22)14-18-5-1-2-9-23-18/h1-2,4-5,9-11,17,19H,3,6-8,12-16H2,(H,26,29)/t19-,22-/m0/s1. The summed E-state index contributed by atoms with van der Waals surface area (Å²) in [6.45, 7) is 4.05. The Labute approximate surface area is 171 Å². The van der Waals surface area contributed by atoms with Crippen molar-refractivity contribution in [3.8, 4) is 0 Å². The molecule has 1 N–H and O–H groups in total. The Morgan fingerprint density at radius 1 is 1.14 bits per heavy atom. The second-order valence-electron chi connectivity index (χ2n) is 8.66. The molecule has 1 aliphatic carbocycles. The molecule has 2 aliphatic heterocycles. The monoisotopic (exact) mass is 392 g/mol. The van der Waals surface area contributed by atoms with Crippen LogP contribution in [-0.2, 0) is 11.3 Å². The van der Waals surface area contributed by atoms with Gasteiger partial charge in [-0.25, -0.2) is 9.97 Å². The fraction of sp³-hybridized carbons (Fsp3) is 0.545. The van der Waals surface area contributed by atoms with Gasteiger partial charge in [0, 0.05) is 51.3 Å². The van der Waals surface area contributed by atoms with E-state index in [9.17, 15) is 4.79 Å². The number of nitrogens with one attached hydrogen (secondary N) is 1. The van der Waals surface area contributed by atoms with Gasteiger partial charge in [-0.3, -0.25) is 14.7 Å². The summed E-state index contributed by atoms with van der Waals surface area (Å²) in [7, 11) is 0. The smallest absolute Gasteiger partial charge is 0.229 e. The van der Waals surface area contributed by atoms with Crippen LogP contribution in [0.1, 0.15) is 31.4 Å². The third-order valence-corrected chi connectivity index (χ3v) is 6.59. The highest BCUT2D eigenvalue weighted by molar-refractivity contribution is 5.85. The van der Waals surface area contributed by atoms with Crippen LogP contribution in [0.15, 0.2) is 42.9 Å². The van der Waals surface area contributed by atoms with E-state index in [0.29, 0.717) is 5.92 Å². The van der Waals surface area contributed by atoms with Crippen molar-refractivity contribution in [2.45, 2.75) is 38.3 Å². The maximum absolute atomic E-state index is 13.5. The average Bonchev–Trinajstić information content (AvgIpc) is 3.51. The summed E-state index contributed by atoms with van der Waals surface area (Å²) in [5, 5.41) is 3.28. The molecule has 1 saturated carbocycles. The molecule has 0 aromatic carbocycles. The minimum absolute atomic E-state index is 0.0848. The number of pyridine rings is 1. The molecule has 2 aromatic rings. The molecule has 2 saturated heterocycles.